The van der Waals surface area contributed by atoms with Crippen molar-refractivity contribution in [3.63, 3.8) is 0 Å². The molecule has 3 aromatic rings. The molecule has 0 saturated heterocycles. The first-order chi connectivity index (χ1) is 12.7. The lowest BCUT2D eigenvalue weighted by Crippen LogP contribution is -1.99. The van der Waals surface area contributed by atoms with E-state index >= 15 is 0 Å². The summed E-state index contributed by atoms with van der Waals surface area (Å²) in [6.07, 6.45) is 1.49. The first-order valence-electron chi connectivity index (χ1n) is 8.10. The normalized spacial score (nSPS) is 10.3. The zero-order valence-electron chi connectivity index (χ0n) is 14.5. The van der Waals surface area contributed by atoms with Gasteiger partial charge in [-0.2, -0.15) is 0 Å². The number of aromatic nitrogens is 2. The van der Waals surface area contributed by atoms with E-state index < -0.39 is 0 Å². The first-order valence-corrected chi connectivity index (χ1v) is 8.48. The summed E-state index contributed by atoms with van der Waals surface area (Å²) in [6.45, 7) is 2.60. The minimum absolute atomic E-state index is 0.527. The summed E-state index contributed by atoms with van der Waals surface area (Å²) in [4.78, 5) is 8.47. The van der Waals surface area contributed by atoms with Gasteiger partial charge in [0.25, 0.3) is 0 Å². The lowest BCUT2D eigenvalue weighted by atomic mass is 10.3. The number of rotatable bonds is 7. The van der Waals surface area contributed by atoms with Crippen molar-refractivity contribution < 1.29 is 9.47 Å². The van der Waals surface area contributed by atoms with Gasteiger partial charge in [0.1, 0.15) is 29.5 Å². The van der Waals surface area contributed by atoms with E-state index in [4.69, 9.17) is 21.1 Å². The Bertz CT molecular complexity index is 872. The molecule has 1 aromatic heterocycles. The highest BCUT2D eigenvalue weighted by Gasteiger charge is 2.04. The lowest BCUT2D eigenvalue weighted by Gasteiger charge is -2.10. The molecular formula is C19H19ClN4O2. The van der Waals surface area contributed by atoms with Crippen LogP contribution in [0.3, 0.4) is 0 Å². The summed E-state index contributed by atoms with van der Waals surface area (Å²) in [5.74, 6) is 2.78. The maximum atomic E-state index is 6.15. The van der Waals surface area contributed by atoms with Crippen LogP contribution in [0, 0.1) is 0 Å². The van der Waals surface area contributed by atoms with E-state index in [1.807, 2.05) is 43.3 Å². The Hall–Kier alpha value is -2.99. The molecule has 3 rings (SSSR count). The molecule has 0 bridgehead atoms. The average molecular weight is 371 g/mol. The largest absolute Gasteiger partial charge is 0.495 e. The summed E-state index contributed by atoms with van der Waals surface area (Å²) in [5, 5.41) is 6.96. The number of ether oxygens (including phenoxy) is 2. The molecule has 0 fully saturated rings. The van der Waals surface area contributed by atoms with Gasteiger partial charge < -0.3 is 20.1 Å². The predicted molar refractivity (Wildman–Crippen MR) is 104 cm³/mol. The summed E-state index contributed by atoms with van der Waals surface area (Å²) < 4.78 is 10.6. The fourth-order valence-electron chi connectivity index (χ4n) is 2.34. The fraction of sp³-hybridized carbons (Fsp3) is 0.158. The van der Waals surface area contributed by atoms with Crippen molar-refractivity contribution in [2.75, 3.05) is 24.4 Å². The van der Waals surface area contributed by atoms with Gasteiger partial charge in [0, 0.05) is 17.4 Å². The van der Waals surface area contributed by atoms with Gasteiger partial charge >= 0.3 is 0 Å². The summed E-state index contributed by atoms with van der Waals surface area (Å²) in [7, 11) is 1.58. The fourth-order valence-corrected chi connectivity index (χ4v) is 2.59. The van der Waals surface area contributed by atoms with Crippen LogP contribution in [-0.2, 0) is 0 Å². The zero-order chi connectivity index (χ0) is 18.4. The molecule has 0 saturated carbocycles. The second kappa shape index (κ2) is 8.40. The summed E-state index contributed by atoms with van der Waals surface area (Å²) in [6, 6.07) is 14.9. The molecular weight excluding hydrogens is 352 g/mol. The van der Waals surface area contributed by atoms with E-state index in [1.165, 1.54) is 6.33 Å². The van der Waals surface area contributed by atoms with Crippen LogP contribution in [0.15, 0.2) is 54.9 Å². The predicted octanol–water partition coefficient (Wildman–Crippen LogP) is 5.02. The van der Waals surface area contributed by atoms with Crippen LogP contribution in [0.4, 0.5) is 23.0 Å². The minimum Gasteiger partial charge on any atom is -0.495 e. The van der Waals surface area contributed by atoms with Gasteiger partial charge in [0.15, 0.2) is 0 Å². The number of anilines is 4. The first kappa shape index (κ1) is 17.8. The van der Waals surface area contributed by atoms with E-state index in [0.717, 1.165) is 17.1 Å². The Morgan fingerprint density at radius 2 is 1.58 bits per heavy atom. The van der Waals surface area contributed by atoms with Crippen LogP contribution in [0.1, 0.15) is 6.92 Å². The Morgan fingerprint density at radius 3 is 2.19 bits per heavy atom. The summed E-state index contributed by atoms with van der Waals surface area (Å²) >= 11 is 6.15. The number of halogens is 1. The molecule has 0 spiro atoms. The SMILES string of the molecule is CCOc1ccc(Nc2cc(Nc3ccc(OC)c(Cl)c3)ncn2)cc1. The van der Waals surface area contributed by atoms with E-state index in [9.17, 15) is 0 Å². The van der Waals surface area contributed by atoms with Crippen LogP contribution in [-0.4, -0.2) is 23.7 Å². The standard InChI is InChI=1S/C19H19ClN4O2/c1-3-26-15-7-4-13(5-8-15)23-18-11-19(22-12-21-18)24-14-6-9-17(25-2)16(20)10-14/h4-12H,3H2,1-2H3,(H2,21,22,23,24). The number of nitrogens with zero attached hydrogens (tertiary/aromatic N) is 2. The molecule has 0 amide bonds. The van der Waals surface area contributed by atoms with Crippen LogP contribution in [0.5, 0.6) is 11.5 Å². The van der Waals surface area contributed by atoms with Crippen molar-refractivity contribution in [3.8, 4) is 11.5 Å². The Kier molecular flexibility index (Phi) is 5.76. The van der Waals surface area contributed by atoms with Gasteiger partial charge in [-0.25, -0.2) is 9.97 Å². The monoisotopic (exact) mass is 370 g/mol. The van der Waals surface area contributed by atoms with Crippen molar-refractivity contribution in [2.45, 2.75) is 6.92 Å². The highest BCUT2D eigenvalue weighted by atomic mass is 35.5. The molecule has 134 valence electrons. The van der Waals surface area contributed by atoms with Crippen LogP contribution >= 0.6 is 11.6 Å². The maximum Gasteiger partial charge on any atom is 0.137 e. The van der Waals surface area contributed by atoms with Gasteiger partial charge in [0.2, 0.25) is 0 Å². The molecule has 1 heterocycles. The molecule has 0 aliphatic rings. The van der Waals surface area contributed by atoms with Gasteiger partial charge in [-0.05, 0) is 49.4 Å². The van der Waals surface area contributed by atoms with Crippen LogP contribution < -0.4 is 20.1 Å². The second-order valence-corrected chi connectivity index (χ2v) is 5.75. The number of hydrogen-bond donors (Lipinski definition) is 2. The maximum absolute atomic E-state index is 6.15. The van der Waals surface area contributed by atoms with Gasteiger partial charge in [-0.1, -0.05) is 11.6 Å². The smallest absolute Gasteiger partial charge is 0.137 e. The van der Waals surface area contributed by atoms with Crippen LogP contribution in [0.25, 0.3) is 0 Å². The Labute approximate surface area is 157 Å². The molecule has 7 heteroatoms. The zero-order valence-corrected chi connectivity index (χ0v) is 15.2. The average Bonchev–Trinajstić information content (AvgIpc) is 2.64. The molecule has 0 radical (unpaired) electrons. The third-order valence-corrected chi connectivity index (χ3v) is 3.82. The van der Waals surface area contributed by atoms with Crippen molar-refractivity contribution in [3.05, 3.63) is 59.9 Å². The Balaban J connectivity index is 1.70. The molecule has 2 N–H and O–H groups in total. The van der Waals surface area contributed by atoms with Crippen molar-refractivity contribution in [2.24, 2.45) is 0 Å². The molecule has 0 aliphatic heterocycles. The van der Waals surface area contributed by atoms with Crippen molar-refractivity contribution in [1.82, 2.24) is 9.97 Å². The highest BCUT2D eigenvalue weighted by molar-refractivity contribution is 6.32. The van der Waals surface area contributed by atoms with E-state index in [0.29, 0.717) is 29.0 Å². The minimum atomic E-state index is 0.527. The lowest BCUT2D eigenvalue weighted by molar-refractivity contribution is 0.340. The molecule has 6 nitrogen and oxygen atoms in total. The molecule has 0 aliphatic carbocycles. The third-order valence-electron chi connectivity index (χ3n) is 3.53. The number of hydrogen-bond acceptors (Lipinski definition) is 6. The molecule has 2 aromatic carbocycles. The van der Waals surface area contributed by atoms with Crippen molar-refractivity contribution in [1.29, 1.82) is 0 Å². The van der Waals surface area contributed by atoms with E-state index in [2.05, 4.69) is 20.6 Å². The van der Waals surface area contributed by atoms with Gasteiger partial charge in [-0.3, -0.25) is 0 Å². The van der Waals surface area contributed by atoms with Gasteiger partial charge in [0.05, 0.1) is 18.7 Å². The molecule has 26 heavy (non-hydrogen) atoms. The Morgan fingerprint density at radius 1 is 0.923 bits per heavy atom. The second-order valence-electron chi connectivity index (χ2n) is 5.35. The number of nitrogens with one attached hydrogen (secondary N) is 2. The third kappa shape index (κ3) is 4.55. The highest BCUT2D eigenvalue weighted by Crippen LogP contribution is 2.29. The molecule has 0 atom stereocenters. The summed E-state index contributed by atoms with van der Waals surface area (Å²) in [5.41, 5.74) is 1.71. The quantitative estimate of drug-likeness (QED) is 0.608. The number of methoxy groups -OCH3 is 1. The van der Waals surface area contributed by atoms with E-state index in [-0.39, 0.29) is 0 Å². The topological polar surface area (TPSA) is 68.3 Å². The molecule has 0 unspecified atom stereocenters. The van der Waals surface area contributed by atoms with Crippen LogP contribution in [0.2, 0.25) is 5.02 Å². The van der Waals surface area contributed by atoms with Gasteiger partial charge in [-0.15, -0.1) is 0 Å². The number of benzene rings is 2. The van der Waals surface area contributed by atoms with Crippen molar-refractivity contribution >= 4 is 34.6 Å². The van der Waals surface area contributed by atoms with E-state index in [1.54, 1.807) is 19.2 Å².